The molecule has 2 fully saturated rings. The molecule has 2 amide bonds. The number of fused-ring (bicyclic) bond motifs is 1. The Balaban J connectivity index is 1.42. The zero-order valence-electron chi connectivity index (χ0n) is 18.3. The number of carboxylic acid groups (broad SMARTS) is 1. The number of likely N-dealkylation sites (tertiary alicyclic amines) is 1. The summed E-state index contributed by atoms with van der Waals surface area (Å²) in [6.45, 7) is 2.76. The van der Waals surface area contributed by atoms with Gasteiger partial charge >= 0.3 is 6.09 Å². The second-order valence-electron chi connectivity index (χ2n) is 8.42. The summed E-state index contributed by atoms with van der Waals surface area (Å²) in [5, 5.41) is 22.3. The van der Waals surface area contributed by atoms with Gasteiger partial charge in [-0.2, -0.15) is 5.10 Å². The highest BCUT2D eigenvalue weighted by atomic mass is 32.1. The van der Waals surface area contributed by atoms with Crippen molar-refractivity contribution in [3.63, 3.8) is 0 Å². The molecule has 5 heterocycles. The van der Waals surface area contributed by atoms with Gasteiger partial charge in [-0.1, -0.05) is 0 Å². The van der Waals surface area contributed by atoms with Crippen molar-refractivity contribution >= 4 is 34.0 Å². The summed E-state index contributed by atoms with van der Waals surface area (Å²) in [6.07, 6.45) is 4.84. The van der Waals surface area contributed by atoms with Gasteiger partial charge in [-0.3, -0.25) is 4.79 Å². The first-order valence-corrected chi connectivity index (χ1v) is 11.9. The van der Waals surface area contributed by atoms with E-state index in [-0.39, 0.29) is 18.0 Å². The number of hydrogen-bond donors (Lipinski definition) is 3. The summed E-state index contributed by atoms with van der Waals surface area (Å²) in [5.74, 6) is 0.915. The standard InChI is InChI=1S/C21H26N8O3S/c1-27(21(31)32)14-3-6-28(7-4-14)19(30)16-10-17(24-13-2-5-22-11-13)26-18(25-16)15-12-23-29-8-9-33-20(15)29/h8-10,12-14,22H,2-7,11H2,1H3,(H,31,32)(H,24,25,26)/t13-/m0/s1. The van der Waals surface area contributed by atoms with E-state index < -0.39 is 6.09 Å². The molecular weight excluding hydrogens is 444 g/mol. The lowest BCUT2D eigenvalue weighted by atomic mass is 10.0. The number of thiazole rings is 1. The Morgan fingerprint density at radius 2 is 2.09 bits per heavy atom. The topological polar surface area (TPSA) is 128 Å². The predicted octanol–water partition coefficient (Wildman–Crippen LogP) is 1.84. The number of carbonyl (C=O) groups excluding carboxylic acids is 1. The van der Waals surface area contributed by atoms with Crippen LogP contribution in [-0.4, -0.2) is 91.8 Å². The third-order valence-electron chi connectivity index (χ3n) is 6.33. The van der Waals surface area contributed by atoms with Gasteiger partial charge in [0.25, 0.3) is 5.91 Å². The van der Waals surface area contributed by atoms with Crippen molar-refractivity contribution in [1.82, 2.24) is 34.7 Å². The average molecular weight is 471 g/mol. The second-order valence-corrected chi connectivity index (χ2v) is 9.32. The number of rotatable bonds is 5. The van der Waals surface area contributed by atoms with Gasteiger partial charge in [-0.25, -0.2) is 19.3 Å². The molecule has 0 aromatic carbocycles. The minimum absolute atomic E-state index is 0.0841. The van der Waals surface area contributed by atoms with Crippen LogP contribution in [0, 0.1) is 0 Å². The van der Waals surface area contributed by atoms with Gasteiger partial charge in [0.15, 0.2) is 5.82 Å². The van der Waals surface area contributed by atoms with Gasteiger partial charge in [0, 0.05) is 56.4 Å². The van der Waals surface area contributed by atoms with Crippen LogP contribution in [-0.2, 0) is 0 Å². The van der Waals surface area contributed by atoms with Gasteiger partial charge < -0.3 is 25.5 Å². The fourth-order valence-corrected chi connectivity index (χ4v) is 5.19. The van der Waals surface area contributed by atoms with Crippen molar-refractivity contribution in [2.24, 2.45) is 0 Å². The maximum absolute atomic E-state index is 13.4. The maximum Gasteiger partial charge on any atom is 0.407 e. The first-order valence-electron chi connectivity index (χ1n) is 11.0. The number of carbonyl (C=O) groups is 2. The molecule has 2 saturated heterocycles. The van der Waals surface area contributed by atoms with Crippen LogP contribution in [0.2, 0.25) is 0 Å². The normalized spacial score (nSPS) is 19.2. The van der Waals surface area contributed by atoms with E-state index in [9.17, 15) is 14.7 Å². The molecular formula is C21H26N8O3S. The summed E-state index contributed by atoms with van der Waals surface area (Å²) in [7, 11) is 1.58. The molecule has 3 aromatic rings. The highest BCUT2D eigenvalue weighted by Gasteiger charge is 2.29. The van der Waals surface area contributed by atoms with E-state index in [0.29, 0.717) is 43.3 Å². The summed E-state index contributed by atoms with van der Waals surface area (Å²) in [6, 6.07) is 1.88. The Kier molecular flexibility index (Phi) is 5.85. The Morgan fingerprint density at radius 3 is 2.82 bits per heavy atom. The highest BCUT2D eigenvalue weighted by Crippen LogP contribution is 2.27. The molecule has 0 bridgehead atoms. The first kappa shape index (κ1) is 21.6. The summed E-state index contributed by atoms with van der Waals surface area (Å²) in [5.41, 5.74) is 1.11. The first-order chi connectivity index (χ1) is 16.0. The number of piperidine rings is 1. The third-order valence-corrected chi connectivity index (χ3v) is 7.22. The van der Waals surface area contributed by atoms with E-state index in [4.69, 9.17) is 4.98 Å². The predicted molar refractivity (Wildman–Crippen MR) is 124 cm³/mol. The van der Waals surface area contributed by atoms with E-state index in [1.165, 1.54) is 4.90 Å². The van der Waals surface area contributed by atoms with Crippen LogP contribution in [0.25, 0.3) is 16.2 Å². The Labute approximate surface area is 194 Å². The molecule has 33 heavy (non-hydrogen) atoms. The average Bonchev–Trinajstić information content (AvgIpc) is 3.57. The van der Waals surface area contributed by atoms with E-state index in [1.807, 2.05) is 11.6 Å². The lowest BCUT2D eigenvalue weighted by molar-refractivity contribution is 0.0638. The Bertz CT molecular complexity index is 1160. The zero-order chi connectivity index (χ0) is 22.9. The van der Waals surface area contributed by atoms with Crippen LogP contribution in [0.5, 0.6) is 0 Å². The second kappa shape index (κ2) is 8.94. The summed E-state index contributed by atoms with van der Waals surface area (Å²) in [4.78, 5) is 38.0. The fraction of sp³-hybridized carbons (Fsp3) is 0.476. The van der Waals surface area contributed by atoms with Crippen LogP contribution < -0.4 is 10.6 Å². The number of anilines is 1. The van der Waals surface area contributed by atoms with Gasteiger partial charge in [-0.15, -0.1) is 11.3 Å². The number of aromatic nitrogens is 4. The van der Waals surface area contributed by atoms with Crippen LogP contribution in [0.1, 0.15) is 29.8 Å². The molecule has 0 radical (unpaired) electrons. The van der Waals surface area contributed by atoms with Gasteiger partial charge in [0.1, 0.15) is 16.3 Å². The van der Waals surface area contributed by atoms with Crippen molar-refractivity contribution in [2.45, 2.75) is 31.3 Å². The van der Waals surface area contributed by atoms with E-state index in [2.05, 4.69) is 20.7 Å². The minimum atomic E-state index is -0.946. The monoisotopic (exact) mass is 470 g/mol. The summed E-state index contributed by atoms with van der Waals surface area (Å²) < 4.78 is 1.77. The number of nitrogens with zero attached hydrogens (tertiary/aromatic N) is 6. The molecule has 12 heteroatoms. The number of nitrogens with one attached hydrogen (secondary N) is 2. The van der Waals surface area contributed by atoms with Crippen molar-refractivity contribution in [2.75, 3.05) is 38.5 Å². The van der Waals surface area contributed by atoms with Crippen LogP contribution in [0.3, 0.4) is 0 Å². The van der Waals surface area contributed by atoms with Crippen LogP contribution >= 0.6 is 11.3 Å². The maximum atomic E-state index is 13.4. The molecule has 3 N–H and O–H groups in total. The molecule has 0 aliphatic carbocycles. The van der Waals surface area contributed by atoms with Crippen molar-refractivity contribution < 1.29 is 14.7 Å². The number of amides is 2. The van der Waals surface area contributed by atoms with Gasteiger partial charge in [0.2, 0.25) is 0 Å². The molecule has 0 saturated carbocycles. The largest absolute Gasteiger partial charge is 0.465 e. The van der Waals surface area contributed by atoms with Crippen LogP contribution in [0.15, 0.2) is 23.8 Å². The molecule has 174 valence electrons. The van der Waals surface area contributed by atoms with Gasteiger partial charge in [-0.05, 0) is 25.8 Å². The molecule has 0 spiro atoms. The Hall–Kier alpha value is -3.25. The zero-order valence-corrected chi connectivity index (χ0v) is 19.1. The highest BCUT2D eigenvalue weighted by molar-refractivity contribution is 7.16. The molecule has 2 aliphatic rings. The van der Waals surface area contributed by atoms with Crippen molar-refractivity contribution in [1.29, 1.82) is 0 Å². The summed E-state index contributed by atoms with van der Waals surface area (Å²) >= 11 is 1.54. The third kappa shape index (κ3) is 4.35. The lowest BCUT2D eigenvalue weighted by Gasteiger charge is -2.35. The molecule has 0 unspecified atom stereocenters. The van der Waals surface area contributed by atoms with E-state index in [1.54, 1.807) is 40.1 Å². The molecule has 11 nitrogen and oxygen atoms in total. The van der Waals surface area contributed by atoms with Crippen LogP contribution in [0.4, 0.5) is 10.6 Å². The van der Waals surface area contributed by atoms with Crippen molar-refractivity contribution in [3.8, 4) is 11.4 Å². The SMILES string of the molecule is CN(C(=O)O)C1CCN(C(=O)c2cc(N[C@H]3CCNC3)nc(-c3cnn4ccsc34)n2)CC1. The molecule has 5 rings (SSSR count). The molecule has 3 aromatic heterocycles. The smallest absolute Gasteiger partial charge is 0.407 e. The number of hydrogen-bond acceptors (Lipinski definition) is 8. The van der Waals surface area contributed by atoms with Gasteiger partial charge in [0.05, 0.1) is 11.8 Å². The minimum Gasteiger partial charge on any atom is -0.465 e. The van der Waals surface area contributed by atoms with E-state index in [0.717, 1.165) is 29.9 Å². The molecule has 2 aliphatic heterocycles. The lowest BCUT2D eigenvalue weighted by Crippen LogP contribution is -2.47. The fourth-order valence-electron chi connectivity index (χ4n) is 4.39. The quantitative estimate of drug-likeness (QED) is 0.515. The Morgan fingerprint density at radius 1 is 1.27 bits per heavy atom. The van der Waals surface area contributed by atoms with Crippen molar-refractivity contribution in [3.05, 3.63) is 29.5 Å². The molecule has 1 atom stereocenters. The van der Waals surface area contributed by atoms with E-state index >= 15 is 0 Å².